The molecule has 1 aromatic rings. The lowest BCUT2D eigenvalue weighted by Gasteiger charge is -2.37. The van der Waals surface area contributed by atoms with E-state index in [1.54, 1.807) is 36.1 Å². The van der Waals surface area contributed by atoms with Crippen molar-refractivity contribution in [3.05, 3.63) is 35.4 Å². The number of amides is 1. The molecule has 1 N–H and O–H groups in total. The monoisotopic (exact) mass is 275 g/mol. The average molecular weight is 275 g/mol. The molecule has 1 fully saturated rings. The summed E-state index contributed by atoms with van der Waals surface area (Å²) in [5.74, 6) is -0.0745. The molecule has 108 valence electrons. The smallest absolute Gasteiger partial charge is 0.254 e. The maximum absolute atomic E-state index is 12.5. The fourth-order valence-electron chi connectivity index (χ4n) is 2.72. The van der Waals surface area contributed by atoms with Gasteiger partial charge in [-0.3, -0.25) is 9.59 Å². The number of aliphatic hydroxyl groups is 1. The van der Waals surface area contributed by atoms with Gasteiger partial charge >= 0.3 is 0 Å². The van der Waals surface area contributed by atoms with Crippen molar-refractivity contribution in [2.75, 3.05) is 6.54 Å². The maximum atomic E-state index is 12.5. The van der Waals surface area contributed by atoms with E-state index in [-0.39, 0.29) is 17.7 Å². The van der Waals surface area contributed by atoms with E-state index in [9.17, 15) is 14.7 Å². The van der Waals surface area contributed by atoms with Gasteiger partial charge in [0.25, 0.3) is 5.91 Å². The SMILES string of the molecule is CC(=O)c1ccc(C(=O)N2CCCC[C@@H]2[C@H](C)O)cc1. The van der Waals surface area contributed by atoms with Crippen LogP contribution in [0.2, 0.25) is 0 Å². The zero-order valence-corrected chi connectivity index (χ0v) is 12.0. The number of carbonyl (C=O) groups excluding carboxylic acids is 2. The first kappa shape index (κ1) is 14.7. The predicted molar refractivity (Wildman–Crippen MR) is 76.8 cm³/mol. The number of carbonyl (C=O) groups is 2. The van der Waals surface area contributed by atoms with Crippen molar-refractivity contribution in [3.8, 4) is 0 Å². The van der Waals surface area contributed by atoms with Crippen molar-refractivity contribution >= 4 is 11.7 Å². The number of hydrogen-bond donors (Lipinski definition) is 1. The summed E-state index contributed by atoms with van der Waals surface area (Å²) in [4.78, 5) is 25.5. The van der Waals surface area contributed by atoms with Gasteiger partial charge in [0, 0.05) is 17.7 Å². The number of aliphatic hydroxyl groups excluding tert-OH is 1. The molecule has 1 heterocycles. The van der Waals surface area contributed by atoms with Gasteiger partial charge in [-0.25, -0.2) is 0 Å². The summed E-state index contributed by atoms with van der Waals surface area (Å²) in [6, 6.07) is 6.62. The van der Waals surface area contributed by atoms with Gasteiger partial charge in [-0.1, -0.05) is 12.1 Å². The zero-order valence-electron chi connectivity index (χ0n) is 12.0. The molecule has 1 amide bonds. The number of rotatable bonds is 3. The fraction of sp³-hybridized carbons (Fsp3) is 0.500. The highest BCUT2D eigenvalue weighted by Crippen LogP contribution is 2.22. The Hall–Kier alpha value is -1.68. The van der Waals surface area contributed by atoms with Crippen molar-refractivity contribution < 1.29 is 14.7 Å². The third-order valence-electron chi connectivity index (χ3n) is 3.91. The molecule has 0 radical (unpaired) electrons. The molecule has 0 saturated carbocycles. The summed E-state index contributed by atoms with van der Waals surface area (Å²) >= 11 is 0. The Morgan fingerprint density at radius 2 is 1.80 bits per heavy atom. The number of ketones is 1. The van der Waals surface area contributed by atoms with Gasteiger partial charge in [0.2, 0.25) is 0 Å². The molecule has 0 aliphatic carbocycles. The second-order valence-corrected chi connectivity index (χ2v) is 5.44. The van der Waals surface area contributed by atoms with Crippen molar-refractivity contribution in [3.63, 3.8) is 0 Å². The highest BCUT2D eigenvalue weighted by molar-refractivity contribution is 5.97. The topological polar surface area (TPSA) is 57.6 Å². The van der Waals surface area contributed by atoms with E-state index in [2.05, 4.69) is 0 Å². The van der Waals surface area contributed by atoms with Gasteiger partial charge in [-0.2, -0.15) is 0 Å². The van der Waals surface area contributed by atoms with E-state index in [0.717, 1.165) is 19.3 Å². The summed E-state index contributed by atoms with van der Waals surface area (Å²) in [6.07, 6.45) is 2.34. The molecule has 2 atom stereocenters. The van der Waals surface area contributed by atoms with Crippen LogP contribution in [0.25, 0.3) is 0 Å². The number of Topliss-reactive ketones (excluding diaryl/α,β-unsaturated/α-hetero) is 1. The number of benzene rings is 1. The van der Waals surface area contributed by atoms with Gasteiger partial charge < -0.3 is 10.0 Å². The van der Waals surface area contributed by atoms with Crippen LogP contribution in [0.5, 0.6) is 0 Å². The lowest BCUT2D eigenvalue weighted by Crippen LogP contribution is -2.48. The molecule has 20 heavy (non-hydrogen) atoms. The number of nitrogens with zero attached hydrogens (tertiary/aromatic N) is 1. The van der Waals surface area contributed by atoms with Crippen LogP contribution >= 0.6 is 0 Å². The molecule has 0 aromatic heterocycles. The minimum absolute atomic E-state index is 0.0103. The summed E-state index contributed by atoms with van der Waals surface area (Å²) in [5, 5.41) is 9.82. The van der Waals surface area contributed by atoms with Crippen LogP contribution in [0, 0.1) is 0 Å². The summed E-state index contributed by atoms with van der Waals surface area (Å²) < 4.78 is 0. The molecule has 0 spiro atoms. The minimum atomic E-state index is -0.518. The predicted octanol–water partition coefficient (Wildman–Crippen LogP) is 2.26. The second kappa shape index (κ2) is 6.18. The van der Waals surface area contributed by atoms with Crippen LogP contribution < -0.4 is 0 Å². The van der Waals surface area contributed by atoms with E-state index >= 15 is 0 Å². The first-order valence-electron chi connectivity index (χ1n) is 7.10. The van der Waals surface area contributed by atoms with E-state index in [1.165, 1.54) is 6.92 Å². The summed E-state index contributed by atoms with van der Waals surface area (Å²) in [5.41, 5.74) is 1.18. The van der Waals surface area contributed by atoms with Crippen LogP contribution in [-0.2, 0) is 0 Å². The third-order valence-corrected chi connectivity index (χ3v) is 3.91. The lowest BCUT2D eigenvalue weighted by molar-refractivity contribution is 0.0281. The Kier molecular flexibility index (Phi) is 4.55. The van der Waals surface area contributed by atoms with Gasteiger partial charge in [-0.15, -0.1) is 0 Å². The number of hydrogen-bond acceptors (Lipinski definition) is 3. The van der Waals surface area contributed by atoms with Crippen LogP contribution in [0.4, 0.5) is 0 Å². The van der Waals surface area contributed by atoms with Crippen molar-refractivity contribution in [2.24, 2.45) is 0 Å². The Labute approximate surface area is 119 Å². The average Bonchev–Trinajstić information content (AvgIpc) is 2.46. The van der Waals surface area contributed by atoms with Crippen LogP contribution in [-0.4, -0.2) is 40.4 Å². The first-order chi connectivity index (χ1) is 9.50. The lowest BCUT2D eigenvalue weighted by atomic mass is 9.97. The molecule has 1 aliphatic heterocycles. The Morgan fingerprint density at radius 1 is 1.20 bits per heavy atom. The third kappa shape index (κ3) is 3.07. The van der Waals surface area contributed by atoms with Crippen molar-refractivity contribution in [1.82, 2.24) is 4.90 Å². The van der Waals surface area contributed by atoms with E-state index in [0.29, 0.717) is 17.7 Å². The summed E-state index contributed by atoms with van der Waals surface area (Å²) in [7, 11) is 0. The minimum Gasteiger partial charge on any atom is -0.391 e. The van der Waals surface area contributed by atoms with E-state index in [1.807, 2.05) is 0 Å². The highest BCUT2D eigenvalue weighted by Gasteiger charge is 2.30. The first-order valence-corrected chi connectivity index (χ1v) is 7.10. The fourth-order valence-corrected chi connectivity index (χ4v) is 2.72. The second-order valence-electron chi connectivity index (χ2n) is 5.44. The molecular weight excluding hydrogens is 254 g/mol. The molecule has 2 rings (SSSR count). The van der Waals surface area contributed by atoms with E-state index < -0.39 is 6.10 Å². The molecule has 4 heteroatoms. The van der Waals surface area contributed by atoms with Crippen molar-refractivity contribution in [2.45, 2.75) is 45.3 Å². The number of piperidine rings is 1. The van der Waals surface area contributed by atoms with E-state index in [4.69, 9.17) is 0 Å². The molecule has 1 aromatic carbocycles. The van der Waals surface area contributed by atoms with Crippen LogP contribution in [0.1, 0.15) is 53.8 Å². The van der Waals surface area contributed by atoms with Gasteiger partial charge in [0.1, 0.15) is 0 Å². The molecule has 0 unspecified atom stereocenters. The van der Waals surface area contributed by atoms with Crippen LogP contribution in [0.15, 0.2) is 24.3 Å². The van der Waals surface area contributed by atoms with Crippen LogP contribution in [0.3, 0.4) is 0 Å². The Bertz CT molecular complexity index is 493. The quantitative estimate of drug-likeness (QED) is 0.861. The normalized spacial score (nSPS) is 20.6. The van der Waals surface area contributed by atoms with Gasteiger partial charge in [0.05, 0.1) is 12.1 Å². The standard InChI is InChI=1S/C16H21NO3/c1-11(18)13-6-8-14(9-7-13)16(20)17-10-4-3-5-15(17)12(2)19/h6-9,12,15,19H,3-5,10H2,1-2H3/t12-,15+/m0/s1. The van der Waals surface area contributed by atoms with Crippen molar-refractivity contribution in [1.29, 1.82) is 0 Å². The molecule has 4 nitrogen and oxygen atoms in total. The molecule has 1 aliphatic rings. The zero-order chi connectivity index (χ0) is 14.7. The molecular formula is C16H21NO3. The van der Waals surface area contributed by atoms with Gasteiger partial charge in [-0.05, 0) is 45.2 Å². The van der Waals surface area contributed by atoms with Gasteiger partial charge in [0.15, 0.2) is 5.78 Å². The molecule has 0 bridgehead atoms. The highest BCUT2D eigenvalue weighted by atomic mass is 16.3. The molecule has 1 saturated heterocycles. The number of likely N-dealkylation sites (tertiary alicyclic amines) is 1. The Balaban J connectivity index is 2.18. The Morgan fingerprint density at radius 3 is 2.35 bits per heavy atom. The summed E-state index contributed by atoms with van der Waals surface area (Å²) in [6.45, 7) is 3.92. The maximum Gasteiger partial charge on any atom is 0.254 e. The largest absolute Gasteiger partial charge is 0.391 e.